The summed E-state index contributed by atoms with van der Waals surface area (Å²) in [5.74, 6) is -1.09. The fraction of sp³-hybridized carbons (Fsp3) is 0.880. The normalized spacial score (nSPS) is 17.9. The van der Waals surface area contributed by atoms with Crippen LogP contribution in [0, 0.1) is 0 Å². The number of hydrogen-bond acceptors (Lipinski definition) is 3. The quantitative estimate of drug-likeness (QED) is 0.343. The summed E-state index contributed by atoms with van der Waals surface area (Å²) in [6, 6.07) is -0.129. The van der Waals surface area contributed by atoms with Crippen molar-refractivity contribution in [2.24, 2.45) is 0 Å². The van der Waals surface area contributed by atoms with E-state index in [1.165, 1.54) is 51.4 Å². The van der Waals surface area contributed by atoms with Crippen LogP contribution < -0.4 is 10.6 Å². The Morgan fingerprint density at radius 1 is 0.774 bits per heavy atom. The van der Waals surface area contributed by atoms with Crippen molar-refractivity contribution in [2.75, 3.05) is 6.54 Å². The lowest BCUT2D eigenvalue weighted by molar-refractivity contribution is -0.149. The first-order valence-corrected chi connectivity index (χ1v) is 12.4. The molecule has 0 saturated carbocycles. The van der Waals surface area contributed by atoms with Gasteiger partial charge in [-0.15, -0.1) is 0 Å². The summed E-state index contributed by atoms with van der Waals surface area (Å²) in [6.45, 7) is 12.4. The Hall–Kier alpha value is -1.59. The smallest absolute Gasteiger partial charge is 0.309 e. The van der Waals surface area contributed by atoms with Gasteiger partial charge >= 0.3 is 11.8 Å². The van der Waals surface area contributed by atoms with Crippen molar-refractivity contribution in [1.82, 2.24) is 15.5 Å². The lowest BCUT2D eigenvalue weighted by Crippen LogP contribution is -2.66. The van der Waals surface area contributed by atoms with Gasteiger partial charge in [0.1, 0.15) is 0 Å². The highest BCUT2D eigenvalue weighted by Crippen LogP contribution is 2.38. The number of carbonyl (C=O) groups excluding carboxylic acids is 3. The molecule has 0 aromatic rings. The first kappa shape index (κ1) is 27.4. The molecule has 0 aromatic carbocycles. The van der Waals surface area contributed by atoms with E-state index >= 15 is 0 Å². The molecule has 0 aromatic heterocycles. The predicted octanol–water partition coefficient (Wildman–Crippen LogP) is 4.71. The van der Waals surface area contributed by atoms with E-state index in [4.69, 9.17) is 0 Å². The Kier molecular flexibility index (Phi) is 11.6. The van der Waals surface area contributed by atoms with Gasteiger partial charge in [0.25, 0.3) is 0 Å². The second kappa shape index (κ2) is 13.1. The maximum Gasteiger partial charge on any atom is 0.309 e. The van der Waals surface area contributed by atoms with Crippen LogP contribution in [0.25, 0.3) is 0 Å². The van der Waals surface area contributed by atoms with Crippen molar-refractivity contribution in [3.63, 3.8) is 0 Å². The maximum absolute atomic E-state index is 12.4. The second-order valence-electron chi connectivity index (χ2n) is 10.5. The molecule has 0 radical (unpaired) electrons. The van der Waals surface area contributed by atoms with Gasteiger partial charge < -0.3 is 15.5 Å². The number of piperidine rings is 1. The zero-order valence-electron chi connectivity index (χ0n) is 20.9. The van der Waals surface area contributed by atoms with Crippen LogP contribution in [0.4, 0.5) is 0 Å². The van der Waals surface area contributed by atoms with Gasteiger partial charge in [-0.2, -0.15) is 0 Å². The molecule has 1 aliphatic rings. The Balaban J connectivity index is 2.25. The predicted molar refractivity (Wildman–Crippen MR) is 127 cm³/mol. The first-order chi connectivity index (χ1) is 14.5. The fourth-order valence-electron chi connectivity index (χ4n) is 5.38. The van der Waals surface area contributed by atoms with Crippen LogP contribution in [0.15, 0.2) is 0 Å². The van der Waals surface area contributed by atoms with Crippen molar-refractivity contribution in [1.29, 1.82) is 0 Å². The molecule has 6 heteroatoms. The molecule has 1 saturated heterocycles. The van der Waals surface area contributed by atoms with E-state index < -0.39 is 11.8 Å². The number of nitrogens with one attached hydrogen (secondary N) is 2. The third-order valence-electron chi connectivity index (χ3n) is 6.37. The Morgan fingerprint density at radius 2 is 1.23 bits per heavy atom. The van der Waals surface area contributed by atoms with Crippen LogP contribution in [0.3, 0.4) is 0 Å². The Morgan fingerprint density at radius 3 is 1.68 bits per heavy atom. The number of hydrogen-bond donors (Lipinski definition) is 2. The van der Waals surface area contributed by atoms with E-state index in [0.29, 0.717) is 19.4 Å². The molecule has 31 heavy (non-hydrogen) atoms. The molecule has 0 unspecified atom stereocenters. The van der Waals surface area contributed by atoms with Gasteiger partial charge in [-0.05, 0) is 47.0 Å². The molecular formula is C25H47N3O3. The summed E-state index contributed by atoms with van der Waals surface area (Å²) in [4.78, 5) is 38.6. The largest absolute Gasteiger partial charge is 0.348 e. The van der Waals surface area contributed by atoms with Crippen molar-refractivity contribution in [3.05, 3.63) is 0 Å². The van der Waals surface area contributed by atoms with Gasteiger partial charge in [0, 0.05) is 30.6 Å². The molecular weight excluding hydrogens is 390 g/mol. The minimum absolute atomic E-state index is 0.0361. The molecule has 0 bridgehead atoms. The molecule has 0 atom stereocenters. The van der Waals surface area contributed by atoms with Crippen molar-refractivity contribution in [2.45, 2.75) is 136 Å². The van der Waals surface area contributed by atoms with Crippen LogP contribution in [-0.2, 0) is 14.4 Å². The highest BCUT2D eigenvalue weighted by Gasteiger charge is 2.47. The fourth-order valence-corrected chi connectivity index (χ4v) is 5.38. The average molecular weight is 438 g/mol. The van der Waals surface area contributed by atoms with E-state index in [1.54, 1.807) is 6.92 Å². The number of nitrogens with zero attached hydrogens (tertiary/aromatic N) is 1. The summed E-state index contributed by atoms with van der Waals surface area (Å²) >= 11 is 0. The monoisotopic (exact) mass is 437 g/mol. The summed E-state index contributed by atoms with van der Waals surface area (Å²) in [5, 5.41) is 5.64. The maximum atomic E-state index is 12.4. The van der Waals surface area contributed by atoms with Gasteiger partial charge in [0.05, 0.1) is 0 Å². The number of amides is 3. The summed E-state index contributed by atoms with van der Waals surface area (Å²) in [7, 11) is 0. The van der Waals surface area contributed by atoms with E-state index in [1.807, 2.05) is 32.6 Å². The molecule has 0 spiro atoms. The van der Waals surface area contributed by atoms with Crippen molar-refractivity contribution in [3.8, 4) is 0 Å². The SMILES string of the molecule is CCCCCCCCCCCCNC(=O)C(=O)NC1CC(C)(C)N(C(C)=O)C(C)(C)C1. The van der Waals surface area contributed by atoms with E-state index in [9.17, 15) is 14.4 Å². The van der Waals surface area contributed by atoms with Crippen LogP contribution >= 0.6 is 0 Å². The second-order valence-corrected chi connectivity index (χ2v) is 10.5. The van der Waals surface area contributed by atoms with Gasteiger partial charge in [0.15, 0.2) is 0 Å². The molecule has 1 fully saturated rings. The first-order valence-electron chi connectivity index (χ1n) is 12.4. The van der Waals surface area contributed by atoms with Gasteiger partial charge in [-0.25, -0.2) is 0 Å². The minimum Gasteiger partial charge on any atom is -0.348 e. The highest BCUT2D eigenvalue weighted by molar-refractivity contribution is 6.35. The molecule has 3 amide bonds. The standard InChI is InChI=1S/C25H47N3O3/c1-7-8-9-10-11-12-13-14-15-16-17-26-22(30)23(31)27-21-18-24(3,4)28(20(2)29)25(5,6)19-21/h21H,7-19H2,1-6H3,(H,26,30)(H,27,31). The van der Waals surface area contributed by atoms with Crippen LogP contribution in [-0.4, -0.2) is 46.3 Å². The molecule has 0 aliphatic carbocycles. The lowest BCUT2D eigenvalue weighted by atomic mass is 9.77. The zero-order valence-corrected chi connectivity index (χ0v) is 20.9. The zero-order chi connectivity index (χ0) is 23.5. The Labute approximate surface area is 190 Å². The van der Waals surface area contributed by atoms with E-state index in [-0.39, 0.29) is 23.0 Å². The number of rotatable bonds is 12. The van der Waals surface area contributed by atoms with Crippen molar-refractivity contribution < 1.29 is 14.4 Å². The van der Waals surface area contributed by atoms with Crippen LogP contribution in [0.1, 0.15) is 119 Å². The molecule has 1 aliphatic heterocycles. The molecule has 1 heterocycles. The van der Waals surface area contributed by atoms with Gasteiger partial charge in [0.2, 0.25) is 5.91 Å². The lowest BCUT2D eigenvalue weighted by Gasteiger charge is -2.55. The van der Waals surface area contributed by atoms with Crippen LogP contribution in [0.5, 0.6) is 0 Å². The molecule has 2 N–H and O–H groups in total. The summed E-state index contributed by atoms with van der Waals surface area (Å²) in [6.07, 6.45) is 13.7. The topological polar surface area (TPSA) is 78.5 Å². The summed E-state index contributed by atoms with van der Waals surface area (Å²) < 4.78 is 0. The third kappa shape index (κ3) is 9.61. The number of unbranched alkanes of at least 4 members (excludes halogenated alkanes) is 9. The summed E-state index contributed by atoms with van der Waals surface area (Å²) in [5.41, 5.74) is -0.754. The Bertz CT molecular complexity index is 569. The molecule has 1 rings (SSSR count). The number of likely N-dealkylation sites (tertiary alicyclic amines) is 1. The average Bonchev–Trinajstić information content (AvgIpc) is 2.63. The van der Waals surface area contributed by atoms with E-state index in [0.717, 1.165) is 12.8 Å². The van der Waals surface area contributed by atoms with Gasteiger partial charge in [-0.3, -0.25) is 14.4 Å². The van der Waals surface area contributed by atoms with Gasteiger partial charge in [-0.1, -0.05) is 64.7 Å². The molecule has 180 valence electrons. The molecule has 6 nitrogen and oxygen atoms in total. The number of carbonyl (C=O) groups is 3. The highest BCUT2D eigenvalue weighted by atomic mass is 16.2. The third-order valence-corrected chi connectivity index (χ3v) is 6.37. The van der Waals surface area contributed by atoms with Crippen molar-refractivity contribution >= 4 is 17.7 Å². The van der Waals surface area contributed by atoms with E-state index in [2.05, 4.69) is 17.6 Å². The van der Waals surface area contributed by atoms with Crippen LogP contribution in [0.2, 0.25) is 0 Å². The minimum atomic E-state index is -0.569.